The van der Waals surface area contributed by atoms with E-state index in [2.05, 4.69) is 20.8 Å². The van der Waals surface area contributed by atoms with Gasteiger partial charge in [0.05, 0.1) is 5.60 Å². The molecule has 0 aliphatic rings. The van der Waals surface area contributed by atoms with Crippen molar-refractivity contribution >= 4 is 5.78 Å². The fourth-order valence-corrected chi connectivity index (χ4v) is 1.28. The van der Waals surface area contributed by atoms with E-state index >= 15 is 0 Å². The molecule has 0 bridgehead atoms. The average Bonchev–Trinajstić information content (AvgIpc) is 2.14. The summed E-state index contributed by atoms with van der Waals surface area (Å²) in [5.74, 6) is 0.213. The van der Waals surface area contributed by atoms with E-state index in [4.69, 9.17) is 4.74 Å². The third-order valence-electron chi connectivity index (χ3n) is 3.19. The Hall–Kier alpha value is -0.630. The maximum Gasteiger partial charge on any atom is 0.158 e. The van der Waals surface area contributed by atoms with E-state index in [0.717, 1.165) is 18.6 Å². The number of hydrogen-bond acceptors (Lipinski definition) is 2. The average molecular weight is 254 g/mol. The molecule has 106 valence electrons. The Bertz CT molecular complexity index is 304. The van der Waals surface area contributed by atoms with Gasteiger partial charge in [-0.15, -0.1) is 0 Å². The molecule has 0 saturated carbocycles. The van der Waals surface area contributed by atoms with E-state index < -0.39 is 0 Å². The Kier molecular flexibility index (Phi) is 6.28. The second-order valence-electron chi connectivity index (χ2n) is 7.05. The van der Waals surface area contributed by atoms with Crippen molar-refractivity contribution < 1.29 is 9.53 Å². The van der Waals surface area contributed by atoms with Crippen molar-refractivity contribution in [3.63, 3.8) is 0 Å². The first-order valence-electron chi connectivity index (χ1n) is 6.82. The zero-order valence-electron chi connectivity index (χ0n) is 13.4. The summed E-state index contributed by atoms with van der Waals surface area (Å²) in [6.45, 7) is 17.2. The van der Waals surface area contributed by atoms with Gasteiger partial charge in [-0.05, 0) is 44.3 Å². The maximum absolute atomic E-state index is 11.7. The summed E-state index contributed by atoms with van der Waals surface area (Å²) in [6, 6.07) is 0. The van der Waals surface area contributed by atoms with Gasteiger partial charge in [0.15, 0.2) is 5.78 Å². The predicted octanol–water partition coefficient (Wildman–Crippen LogP) is 4.39. The van der Waals surface area contributed by atoms with E-state index in [9.17, 15) is 4.79 Å². The first kappa shape index (κ1) is 17.4. The molecule has 0 aromatic rings. The van der Waals surface area contributed by atoms with E-state index in [-0.39, 0.29) is 22.7 Å². The zero-order valence-corrected chi connectivity index (χ0v) is 13.4. The van der Waals surface area contributed by atoms with E-state index in [1.165, 1.54) is 0 Å². The summed E-state index contributed by atoms with van der Waals surface area (Å²) in [7, 11) is 0. The SMILES string of the molecule is C/C(=C\C(=O)C(C)C)C(C)(C)OCCC(C)(C)C. The molecule has 0 unspecified atom stereocenters. The number of ether oxygens (including phenoxy) is 1. The van der Waals surface area contributed by atoms with Crippen LogP contribution in [0.3, 0.4) is 0 Å². The molecule has 0 spiro atoms. The van der Waals surface area contributed by atoms with Gasteiger partial charge in [0.25, 0.3) is 0 Å². The van der Waals surface area contributed by atoms with Crippen LogP contribution in [0.1, 0.15) is 61.8 Å². The molecule has 0 aromatic carbocycles. The lowest BCUT2D eigenvalue weighted by Gasteiger charge is -2.28. The van der Waals surface area contributed by atoms with Crippen molar-refractivity contribution in [2.45, 2.75) is 67.4 Å². The van der Waals surface area contributed by atoms with Crippen molar-refractivity contribution in [3.8, 4) is 0 Å². The zero-order chi connectivity index (χ0) is 14.6. The standard InChI is InChI=1S/C16H30O2/c1-12(2)14(17)11-13(3)16(7,8)18-10-9-15(4,5)6/h11-12H,9-10H2,1-8H3/b13-11+. The van der Waals surface area contributed by atoms with Gasteiger partial charge in [-0.2, -0.15) is 0 Å². The van der Waals surface area contributed by atoms with Gasteiger partial charge in [0.1, 0.15) is 0 Å². The fraction of sp³-hybridized carbons (Fsp3) is 0.812. The lowest BCUT2D eigenvalue weighted by atomic mass is 9.92. The van der Waals surface area contributed by atoms with Gasteiger partial charge < -0.3 is 4.74 Å². The molecule has 0 amide bonds. The number of carbonyl (C=O) groups excluding carboxylic acids is 1. The van der Waals surface area contributed by atoms with Gasteiger partial charge in [0, 0.05) is 12.5 Å². The minimum atomic E-state index is -0.365. The quantitative estimate of drug-likeness (QED) is 0.657. The number of rotatable bonds is 6. The van der Waals surface area contributed by atoms with Crippen LogP contribution in [0.25, 0.3) is 0 Å². The molecule has 0 aromatic heterocycles. The molecule has 0 saturated heterocycles. The van der Waals surface area contributed by atoms with Crippen molar-refractivity contribution in [1.29, 1.82) is 0 Å². The number of allylic oxidation sites excluding steroid dienone is 1. The van der Waals surface area contributed by atoms with Gasteiger partial charge in [-0.1, -0.05) is 34.6 Å². The predicted molar refractivity (Wildman–Crippen MR) is 77.7 cm³/mol. The summed E-state index contributed by atoms with van der Waals surface area (Å²) in [5, 5.41) is 0. The Morgan fingerprint density at radius 2 is 1.67 bits per heavy atom. The molecule has 18 heavy (non-hydrogen) atoms. The summed E-state index contributed by atoms with van der Waals surface area (Å²) in [6.07, 6.45) is 2.74. The van der Waals surface area contributed by atoms with Crippen LogP contribution >= 0.6 is 0 Å². The third-order valence-corrected chi connectivity index (χ3v) is 3.19. The monoisotopic (exact) mass is 254 g/mol. The van der Waals surface area contributed by atoms with Gasteiger partial charge in [-0.25, -0.2) is 0 Å². The second-order valence-corrected chi connectivity index (χ2v) is 7.05. The summed E-state index contributed by atoms with van der Waals surface area (Å²) in [4.78, 5) is 11.7. The molecular formula is C16H30O2. The maximum atomic E-state index is 11.7. The highest BCUT2D eigenvalue weighted by molar-refractivity contribution is 5.91. The van der Waals surface area contributed by atoms with Crippen LogP contribution in [0.5, 0.6) is 0 Å². The molecule has 0 aliphatic heterocycles. The lowest BCUT2D eigenvalue weighted by molar-refractivity contribution is -0.117. The summed E-state index contributed by atoms with van der Waals surface area (Å²) >= 11 is 0. The van der Waals surface area contributed by atoms with Crippen molar-refractivity contribution in [1.82, 2.24) is 0 Å². The minimum Gasteiger partial charge on any atom is -0.371 e. The van der Waals surface area contributed by atoms with Crippen LogP contribution in [0.4, 0.5) is 0 Å². The Morgan fingerprint density at radius 1 is 1.17 bits per heavy atom. The normalized spacial score (nSPS) is 14.2. The number of ketones is 1. The van der Waals surface area contributed by atoms with E-state index in [1.54, 1.807) is 6.08 Å². The first-order chi connectivity index (χ1) is 7.96. The molecule has 0 atom stereocenters. The molecule has 0 radical (unpaired) electrons. The number of carbonyl (C=O) groups is 1. The first-order valence-corrected chi connectivity index (χ1v) is 6.82. The van der Waals surface area contributed by atoms with Crippen LogP contribution in [0.15, 0.2) is 11.6 Å². The third kappa shape index (κ3) is 6.95. The summed E-state index contributed by atoms with van der Waals surface area (Å²) in [5.41, 5.74) is 0.909. The van der Waals surface area contributed by atoms with Crippen molar-refractivity contribution in [2.24, 2.45) is 11.3 Å². The van der Waals surface area contributed by atoms with Gasteiger partial charge >= 0.3 is 0 Å². The largest absolute Gasteiger partial charge is 0.371 e. The molecule has 0 rings (SSSR count). The Labute approximate surface area is 113 Å². The molecule has 2 heteroatoms. The van der Waals surface area contributed by atoms with Crippen LogP contribution in [0.2, 0.25) is 0 Å². The fourth-order valence-electron chi connectivity index (χ4n) is 1.28. The van der Waals surface area contributed by atoms with E-state index in [0.29, 0.717) is 0 Å². The molecule has 2 nitrogen and oxygen atoms in total. The topological polar surface area (TPSA) is 26.3 Å². The van der Waals surface area contributed by atoms with Crippen LogP contribution in [0, 0.1) is 11.3 Å². The molecule has 0 fully saturated rings. The molecule has 0 N–H and O–H groups in total. The smallest absolute Gasteiger partial charge is 0.158 e. The molecular weight excluding hydrogens is 224 g/mol. The second kappa shape index (κ2) is 6.51. The molecule has 0 heterocycles. The summed E-state index contributed by atoms with van der Waals surface area (Å²) < 4.78 is 5.93. The highest BCUT2D eigenvalue weighted by Crippen LogP contribution is 2.24. The van der Waals surface area contributed by atoms with Gasteiger partial charge in [-0.3, -0.25) is 4.79 Å². The van der Waals surface area contributed by atoms with Crippen molar-refractivity contribution in [3.05, 3.63) is 11.6 Å². The lowest BCUT2D eigenvalue weighted by Crippen LogP contribution is -2.28. The minimum absolute atomic E-state index is 0.0466. The highest BCUT2D eigenvalue weighted by Gasteiger charge is 2.23. The van der Waals surface area contributed by atoms with E-state index in [1.807, 2.05) is 34.6 Å². The Balaban J connectivity index is 4.49. The van der Waals surface area contributed by atoms with Crippen LogP contribution in [-0.4, -0.2) is 18.0 Å². The highest BCUT2D eigenvalue weighted by atomic mass is 16.5. The van der Waals surface area contributed by atoms with Crippen LogP contribution < -0.4 is 0 Å². The molecule has 0 aliphatic carbocycles. The van der Waals surface area contributed by atoms with Crippen LogP contribution in [-0.2, 0) is 9.53 Å². The van der Waals surface area contributed by atoms with Crippen molar-refractivity contribution in [2.75, 3.05) is 6.61 Å². The number of hydrogen-bond donors (Lipinski definition) is 0. The Morgan fingerprint density at radius 3 is 2.06 bits per heavy atom. The van der Waals surface area contributed by atoms with Gasteiger partial charge in [0.2, 0.25) is 0 Å².